The van der Waals surface area contributed by atoms with Crippen LogP contribution in [0.3, 0.4) is 0 Å². The highest BCUT2D eigenvalue weighted by atomic mass is 32.1. The van der Waals surface area contributed by atoms with Gasteiger partial charge in [0.1, 0.15) is 0 Å². The first-order chi connectivity index (χ1) is 9.17. The van der Waals surface area contributed by atoms with Crippen molar-refractivity contribution in [2.24, 2.45) is 0 Å². The normalized spacial score (nSPS) is 10.4. The smallest absolute Gasteiger partial charge is 0.256 e. The van der Waals surface area contributed by atoms with Crippen molar-refractivity contribution >= 4 is 17.2 Å². The van der Waals surface area contributed by atoms with Crippen LogP contribution < -0.4 is 5.56 Å². The Morgan fingerprint density at radius 3 is 2.68 bits per heavy atom. The quantitative estimate of drug-likeness (QED) is 0.856. The van der Waals surface area contributed by atoms with Gasteiger partial charge in [-0.1, -0.05) is 0 Å². The lowest BCUT2D eigenvalue weighted by molar-refractivity contribution is 0.0772. The Balaban J connectivity index is 2.42. The molecule has 0 aliphatic carbocycles. The molecule has 0 saturated heterocycles. The van der Waals surface area contributed by atoms with Gasteiger partial charge in [-0.3, -0.25) is 14.2 Å². The highest BCUT2D eigenvalue weighted by molar-refractivity contribution is 7.12. The van der Waals surface area contributed by atoms with Gasteiger partial charge in [0.05, 0.1) is 5.56 Å². The minimum absolute atomic E-state index is 0.0738. The van der Waals surface area contributed by atoms with Gasteiger partial charge < -0.3 is 4.90 Å². The van der Waals surface area contributed by atoms with E-state index < -0.39 is 0 Å². The van der Waals surface area contributed by atoms with E-state index in [2.05, 4.69) is 4.98 Å². The lowest BCUT2D eigenvalue weighted by Gasteiger charge is -2.18. The number of aromatic nitrogens is 2. The Morgan fingerprint density at radius 2 is 2.11 bits per heavy atom. The third-order valence-electron chi connectivity index (χ3n) is 2.83. The number of rotatable bonds is 4. The fourth-order valence-electron chi connectivity index (χ4n) is 1.79. The molecular formula is C13H15N3O2S. The second-order valence-electron chi connectivity index (χ2n) is 3.92. The summed E-state index contributed by atoms with van der Waals surface area (Å²) in [5.74, 6) is -0.0738. The monoisotopic (exact) mass is 277 g/mol. The summed E-state index contributed by atoms with van der Waals surface area (Å²) in [4.78, 5) is 29.8. The van der Waals surface area contributed by atoms with Crippen molar-refractivity contribution in [2.75, 3.05) is 13.1 Å². The van der Waals surface area contributed by atoms with Gasteiger partial charge in [0, 0.05) is 36.9 Å². The average Bonchev–Trinajstić information content (AvgIpc) is 2.94. The zero-order valence-electron chi connectivity index (χ0n) is 10.9. The number of pyridine rings is 1. The van der Waals surface area contributed by atoms with E-state index in [9.17, 15) is 9.59 Å². The summed E-state index contributed by atoms with van der Waals surface area (Å²) in [6, 6.07) is 2.96. The van der Waals surface area contributed by atoms with Crippen LogP contribution in [0.1, 0.15) is 24.2 Å². The molecule has 0 atom stereocenters. The third kappa shape index (κ3) is 2.73. The van der Waals surface area contributed by atoms with Crippen LogP contribution in [-0.2, 0) is 0 Å². The molecule has 0 unspecified atom stereocenters. The molecule has 2 aromatic rings. The van der Waals surface area contributed by atoms with Gasteiger partial charge in [0.2, 0.25) is 0 Å². The van der Waals surface area contributed by atoms with Crippen molar-refractivity contribution in [3.63, 3.8) is 0 Å². The van der Waals surface area contributed by atoms with Crippen LogP contribution in [0.15, 0.2) is 34.7 Å². The standard InChI is InChI=1S/C13H15N3O2S/c1-3-15(4-2)12(18)10-5-6-11(17)16(9-10)13-14-7-8-19-13/h5-9H,3-4H2,1-2H3. The van der Waals surface area contributed by atoms with Crippen LogP contribution in [0.25, 0.3) is 5.13 Å². The first-order valence-electron chi connectivity index (χ1n) is 6.09. The Hall–Kier alpha value is -1.95. The number of hydrogen-bond acceptors (Lipinski definition) is 4. The number of amides is 1. The van der Waals surface area contributed by atoms with Crippen LogP contribution in [0.5, 0.6) is 0 Å². The van der Waals surface area contributed by atoms with Crippen LogP contribution in [0, 0.1) is 0 Å². The number of thiazole rings is 1. The van der Waals surface area contributed by atoms with E-state index in [1.807, 2.05) is 13.8 Å². The zero-order valence-corrected chi connectivity index (χ0v) is 11.7. The lowest BCUT2D eigenvalue weighted by Crippen LogP contribution is -2.31. The molecule has 0 N–H and O–H groups in total. The van der Waals surface area contributed by atoms with Gasteiger partial charge in [0.15, 0.2) is 5.13 Å². The zero-order chi connectivity index (χ0) is 13.8. The van der Waals surface area contributed by atoms with Crippen molar-refractivity contribution in [1.29, 1.82) is 0 Å². The highest BCUT2D eigenvalue weighted by Crippen LogP contribution is 2.10. The summed E-state index contributed by atoms with van der Waals surface area (Å²) >= 11 is 1.36. The highest BCUT2D eigenvalue weighted by Gasteiger charge is 2.14. The SMILES string of the molecule is CCN(CC)C(=O)c1ccc(=O)n(-c2nccs2)c1. The van der Waals surface area contributed by atoms with E-state index in [1.165, 1.54) is 22.0 Å². The van der Waals surface area contributed by atoms with Crippen molar-refractivity contribution < 1.29 is 4.79 Å². The molecule has 2 rings (SSSR count). The first-order valence-corrected chi connectivity index (χ1v) is 6.97. The van der Waals surface area contributed by atoms with E-state index >= 15 is 0 Å². The number of hydrogen-bond donors (Lipinski definition) is 0. The minimum Gasteiger partial charge on any atom is -0.339 e. The summed E-state index contributed by atoms with van der Waals surface area (Å²) in [6.07, 6.45) is 3.19. The molecule has 6 heteroatoms. The van der Waals surface area contributed by atoms with Crippen molar-refractivity contribution in [3.8, 4) is 5.13 Å². The summed E-state index contributed by atoms with van der Waals surface area (Å²) in [5, 5.41) is 2.36. The maximum atomic E-state index is 12.2. The molecule has 0 radical (unpaired) electrons. The summed E-state index contributed by atoms with van der Waals surface area (Å²) in [5.41, 5.74) is 0.310. The number of nitrogens with zero attached hydrogens (tertiary/aromatic N) is 3. The molecule has 2 heterocycles. The van der Waals surface area contributed by atoms with Gasteiger partial charge in [-0.25, -0.2) is 4.98 Å². The molecule has 0 aliphatic rings. The second kappa shape index (κ2) is 5.79. The van der Waals surface area contributed by atoms with E-state index in [1.54, 1.807) is 28.7 Å². The van der Waals surface area contributed by atoms with Crippen molar-refractivity contribution in [1.82, 2.24) is 14.5 Å². The molecule has 0 saturated carbocycles. The first kappa shape index (κ1) is 13.5. The molecule has 2 aromatic heterocycles. The van der Waals surface area contributed by atoms with E-state index in [-0.39, 0.29) is 11.5 Å². The van der Waals surface area contributed by atoms with Crippen LogP contribution in [-0.4, -0.2) is 33.4 Å². The molecule has 0 bridgehead atoms. The van der Waals surface area contributed by atoms with Crippen molar-refractivity contribution in [2.45, 2.75) is 13.8 Å². The van der Waals surface area contributed by atoms with Gasteiger partial charge in [0.25, 0.3) is 11.5 Å². The van der Waals surface area contributed by atoms with E-state index in [0.29, 0.717) is 23.8 Å². The molecule has 0 fully saturated rings. The fourth-order valence-corrected chi connectivity index (χ4v) is 2.41. The number of carbonyl (C=O) groups excluding carboxylic acids is 1. The molecule has 0 aromatic carbocycles. The predicted octanol–water partition coefficient (Wildman–Crippen LogP) is 1.78. The second-order valence-corrected chi connectivity index (χ2v) is 4.79. The van der Waals surface area contributed by atoms with E-state index in [4.69, 9.17) is 0 Å². The van der Waals surface area contributed by atoms with Crippen molar-refractivity contribution in [3.05, 3.63) is 45.8 Å². The van der Waals surface area contributed by atoms with Gasteiger partial charge in [-0.15, -0.1) is 11.3 Å². The lowest BCUT2D eigenvalue weighted by atomic mass is 10.2. The summed E-state index contributed by atoms with van der Waals surface area (Å²) < 4.78 is 1.40. The largest absolute Gasteiger partial charge is 0.339 e. The molecule has 1 amide bonds. The summed E-state index contributed by atoms with van der Waals surface area (Å²) in [7, 11) is 0. The Labute approximate surface area is 115 Å². The predicted molar refractivity (Wildman–Crippen MR) is 75.0 cm³/mol. The Bertz CT molecular complexity index is 615. The van der Waals surface area contributed by atoms with Crippen LogP contribution in [0.2, 0.25) is 0 Å². The third-order valence-corrected chi connectivity index (χ3v) is 3.60. The molecule has 19 heavy (non-hydrogen) atoms. The maximum absolute atomic E-state index is 12.2. The Kier molecular flexibility index (Phi) is 4.11. The van der Waals surface area contributed by atoms with Gasteiger partial charge >= 0.3 is 0 Å². The average molecular weight is 277 g/mol. The van der Waals surface area contributed by atoms with Crippen LogP contribution >= 0.6 is 11.3 Å². The minimum atomic E-state index is -0.189. The van der Waals surface area contributed by atoms with E-state index in [0.717, 1.165) is 0 Å². The van der Waals surface area contributed by atoms with Gasteiger partial charge in [-0.2, -0.15) is 0 Å². The molecular weight excluding hydrogens is 262 g/mol. The summed E-state index contributed by atoms with van der Waals surface area (Å²) in [6.45, 7) is 5.15. The maximum Gasteiger partial charge on any atom is 0.256 e. The molecule has 0 spiro atoms. The Morgan fingerprint density at radius 1 is 1.37 bits per heavy atom. The fraction of sp³-hybridized carbons (Fsp3) is 0.308. The molecule has 0 aliphatic heterocycles. The topological polar surface area (TPSA) is 55.2 Å². The van der Waals surface area contributed by atoms with Gasteiger partial charge in [-0.05, 0) is 19.9 Å². The molecule has 5 nitrogen and oxygen atoms in total. The molecule has 100 valence electrons. The van der Waals surface area contributed by atoms with Crippen LogP contribution in [0.4, 0.5) is 0 Å². The number of carbonyl (C=O) groups is 1.